The Hall–Kier alpha value is -3.55. The van der Waals surface area contributed by atoms with Gasteiger partial charge in [0.15, 0.2) is 6.61 Å². The SMILES string of the molecule is COc1ccc(NC(=O)COc2ccc(N3CC(C(=O)NCC(C)C)CC3=O)cc2)cc1. The van der Waals surface area contributed by atoms with Crippen LogP contribution in [0.3, 0.4) is 0 Å². The van der Waals surface area contributed by atoms with Crippen LogP contribution in [0.1, 0.15) is 20.3 Å². The topological polar surface area (TPSA) is 97.0 Å². The van der Waals surface area contributed by atoms with E-state index in [0.29, 0.717) is 41.9 Å². The van der Waals surface area contributed by atoms with Gasteiger partial charge in [0.25, 0.3) is 5.91 Å². The number of carbonyl (C=O) groups is 3. The van der Waals surface area contributed by atoms with Crippen LogP contribution in [-0.4, -0.2) is 44.5 Å². The van der Waals surface area contributed by atoms with Crippen LogP contribution >= 0.6 is 0 Å². The van der Waals surface area contributed by atoms with E-state index < -0.39 is 0 Å². The lowest BCUT2D eigenvalue weighted by Gasteiger charge is -2.17. The number of amides is 3. The fourth-order valence-corrected chi connectivity index (χ4v) is 3.32. The fraction of sp³-hybridized carbons (Fsp3) is 0.375. The number of carbonyl (C=O) groups excluding carboxylic acids is 3. The van der Waals surface area contributed by atoms with Crippen LogP contribution in [0.2, 0.25) is 0 Å². The van der Waals surface area contributed by atoms with Crippen LogP contribution in [0.25, 0.3) is 0 Å². The number of nitrogens with zero attached hydrogens (tertiary/aromatic N) is 1. The number of benzene rings is 2. The van der Waals surface area contributed by atoms with Gasteiger partial charge in [0.05, 0.1) is 13.0 Å². The Balaban J connectivity index is 1.49. The molecule has 1 saturated heterocycles. The van der Waals surface area contributed by atoms with Gasteiger partial charge in [-0.15, -0.1) is 0 Å². The van der Waals surface area contributed by atoms with Crippen molar-refractivity contribution in [1.29, 1.82) is 0 Å². The lowest BCUT2D eigenvalue weighted by Crippen LogP contribution is -2.35. The van der Waals surface area contributed by atoms with Crippen LogP contribution in [0.15, 0.2) is 48.5 Å². The minimum atomic E-state index is -0.348. The van der Waals surface area contributed by atoms with E-state index in [1.165, 1.54) is 0 Å². The molecule has 3 rings (SSSR count). The van der Waals surface area contributed by atoms with Gasteiger partial charge in [0.1, 0.15) is 11.5 Å². The van der Waals surface area contributed by atoms with E-state index in [9.17, 15) is 14.4 Å². The summed E-state index contributed by atoms with van der Waals surface area (Å²) in [7, 11) is 1.58. The Labute approximate surface area is 187 Å². The fourth-order valence-electron chi connectivity index (χ4n) is 3.32. The van der Waals surface area contributed by atoms with E-state index in [-0.39, 0.29) is 36.7 Å². The molecule has 1 heterocycles. The molecule has 1 fully saturated rings. The van der Waals surface area contributed by atoms with Gasteiger partial charge in [-0.05, 0) is 54.4 Å². The second-order valence-electron chi connectivity index (χ2n) is 8.10. The third-order valence-electron chi connectivity index (χ3n) is 5.07. The van der Waals surface area contributed by atoms with Crippen molar-refractivity contribution < 1.29 is 23.9 Å². The molecule has 2 aromatic carbocycles. The van der Waals surface area contributed by atoms with Gasteiger partial charge < -0.3 is 25.0 Å². The Morgan fingerprint density at radius 3 is 2.34 bits per heavy atom. The molecule has 8 heteroatoms. The van der Waals surface area contributed by atoms with E-state index in [1.54, 1.807) is 60.5 Å². The van der Waals surface area contributed by atoms with Gasteiger partial charge >= 0.3 is 0 Å². The summed E-state index contributed by atoms with van der Waals surface area (Å²) in [4.78, 5) is 38.4. The molecule has 1 atom stereocenters. The molecule has 0 radical (unpaired) electrons. The summed E-state index contributed by atoms with van der Waals surface area (Å²) < 4.78 is 10.6. The third-order valence-corrected chi connectivity index (χ3v) is 5.07. The number of rotatable bonds is 9. The number of ether oxygens (including phenoxy) is 2. The lowest BCUT2D eigenvalue weighted by atomic mass is 10.1. The van der Waals surface area contributed by atoms with Crippen LogP contribution in [0.5, 0.6) is 11.5 Å². The van der Waals surface area contributed by atoms with Crippen molar-refractivity contribution in [3.05, 3.63) is 48.5 Å². The molecule has 0 spiro atoms. The molecule has 2 N–H and O–H groups in total. The summed E-state index contributed by atoms with van der Waals surface area (Å²) in [5.41, 5.74) is 1.35. The van der Waals surface area contributed by atoms with Gasteiger partial charge in [-0.3, -0.25) is 14.4 Å². The van der Waals surface area contributed by atoms with Crippen molar-refractivity contribution in [3.8, 4) is 11.5 Å². The molecule has 0 aromatic heterocycles. The molecule has 0 saturated carbocycles. The zero-order valence-corrected chi connectivity index (χ0v) is 18.6. The maximum absolute atomic E-state index is 12.4. The highest BCUT2D eigenvalue weighted by Gasteiger charge is 2.35. The Bertz CT molecular complexity index is 941. The number of anilines is 2. The maximum Gasteiger partial charge on any atom is 0.262 e. The molecular formula is C24H29N3O5. The van der Waals surface area contributed by atoms with Crippen LogP contribution < -0.4 is 25.0 Å². The summed E-state index contributed by atoms with van der Waals surface area (Å²) in [5.74, 6) is 0.774. The molecule has 1 aliphatic heterocycles. The summed E-state index contributed by atoms with van der Waals surface area (Å²) in [6.07, 6.45) is 0.202. The van der Waals surface area contributed by atoms with Crippen LogP contribution in [0.4, 0.5) is 11.4 Å². The average molecular weight is 440 g/mol. The largest absolute Gasteiger partial charge is 0.497 e. The van der Waals surface area contributed by atoms with E-state index in [4.69, 9.17) is 9.47 Å². The first kappa shape index (κ1) is 23.1. The van der Waals surface area contributed by atoms with Crippen molar-refractivity contribution in [2.75, 3.05) is 37.0 Å². The molecule has 2 aromatic rings. The first-order chi connectivity index (χ1) is 15.4. The van der Waals surface area contributed by atoms with Crippen molar-refractivity contribution in [1.82, 2.24) is 5.32 Å². The lowest BCUT2D eigenvalue weighted by molar-refractivity contribution is -0.126. The predicted molar refractivity (Wildman–Crippen MR) is 122 cm³/mol. The van der Waals surface area contributed by atoms with Gasteiger partial charge in [0, 0.05) is 30.9 Å². The zero-order chi connectivity index (χ0) is 23.1. The molecule has 170 valence electrons. The summed E-state index contributed by atoms with van der Waals surface area (Å²) in [6.45, 7) is 4.86. The van der Waals surface area contributed by atoms with E-state index >= 15 is 0 Å². The highest BCUT2D eigenvalue weighted by Crippen LogP contribution is 2.27. The minimum Gasteiger partial charge on any atom is -0.497 e. The summed E-state index contributed by atoms with van der Waals surface area (Å²) >= 11 is 0. The zero-order valence-electron chi connectivity index (χ0n) is 18.6. The second-order valence-corrected chi connectivity index (χ2v) is 8.10. The minimum absolute atomic E-state index is 0.0813. The van der Waals surface area contributed by atoms with Crippen LogP contribution in [-0.2, 0) is 14.4 Å². The Kier molecular flexibility index (Phi) is 7.70. The maximum atomic E-state index is 12.4. The van der Waals surface area contributed by atoms with Crippen LogP contribution in [0, 0.1) is 11.8 Å². The highest BCUT2D eigenvalue weighted by molar-refractivity contribution is 6.00. The Morgan fingerprint density at radius 1 is 1.06 bits per heavy atom. The molecule has 0 bridgehead atoms. The Morgan fingerprint density at radius 2 is 1.72 bits per heavy atom. The predicted octanol–water partition coefficient (Wildman–Crippen LogP) is 2.84. The monoisotopic (exact) mass is 439 g/mol. The summed E-state index contributed by atoms with van der Waals surface area (Å²) in [6, 6.07) is 13.9. The number of methoxy groups -OCH3 is 1. The third kappa shape index (κ3) is 6.23. The number of hydrogen-bond acceptors (Lipinski definition) is 5. The van der Waals surface area contributed by atoms with Gasteiger partial charge in [-0.25, -0.2) is 0 Å². The van der Waals surface area contributed by atoms with Crippen molar-refractivity contribution in [2.45, 2.75) is 20.3 Å². The van der Waals surface area contributed by atoms with E-state index in [2.05, 4.69) is 10.6 Å². The smallest absolute Gasteiger partial charge is 0.262 e. The molecule has 32 heavy (non-hydrogen) atoms. The van der Waals surface area contributed by atoms with Crippen molar-refractivity contribution >= 4 is 29.1 Å². The number of nitrogens with one attached hydrogen (secondary N) is 2. The molecular weight excluding hydrogens is 410 g/mol. The van der Waals surface area contributed by atoms with Crippen molar-refractivity contribution in [2.24, 2.45) is 11.8 Å². The molecule has 1 aliphatic rings. The normalized spacial score (nSPS) is 15.6. The highest BCUT2D eigenvalue weighted by atomic mass is 16.5. The molecule has 1 unspecified atom stereocenters. The quantitative estimate of drug-likeness (QED) is 0.626. The number of hydrogen-bond donors (Lipinski definition) is 2. The molecule has 8 nitrogen and oxygen atoms in total. The van der Waals surface area contributed by atoms with Gasteiger partial charge in [0.2, 0.25) is 11.8 Å². The standard InChI is InChI=1S/C24H29N3O5/c1-16(2)13-25-24(30)17-12-23(29)27(14-17)19-6-10-21(11-7-19)32-15-22(28)26-18-4-8-20(31-3)9-5-18/h4-11,16-17H,12-15H2,1-3H3,(H,25,30)(H,26,28). The van der Waals surface area contributed by atoms with Gasteiger partial charge in [-0.2, -0.15) is 0 Å². The molecule has 0 aliphatic carbocycles. The summed E-state index contributed by atoms with van der Waals surface area (Å²) in [5, 5.41) is 5.64. The van der Waals surface area contributed by atoms with Crippen molar-refractivity contribution in [3.63, 3.8) is 0 Å². The first-order valence-corrected chi connectivity index (χ1v) is 10.6. The first-order valence-electron chi connectivity index (χ1n) is 10.6. The molecule has 3 amide bonds. The van der Waals surface area contributed by atoms with E-state index in [1.807, 2.05) is 13.8 Å². The van der Waals surface area contributed by atoms with E-state index in [0.717, 1.165) is 0 Å². The second kappa shape index (κ2) is 10.7. The average Bonchev–Trinajstić information content (AvgIpc) is 3.18. The van der Waals surface area contributed by atoms with Gasteiger partial charge in [-0.1, -0.05) is 13.8 Å².